The Morgan fingerprint density at radius 1 is 1.00 bits per heavy atom. The first-order valence-electron chi connectivity index (χ1n) is 8.44. The van der Waals surface area contributed by atoms with Gasteiger partial charge in [-0.05, 0) is 48.6 Å². The van der Waals surface area contributed by atoms with E-state index < -0.39 is 11.9 Å². The molecule has 0 atom stereocenters. The van der Waals surface area contributed by atoms with Gasteiger partial charge in [0.1, 0.15) is 23.8 Å². The number of nitrogens with zero attached hydrogens (tertiary/aromatic N) is 1. The van der Waals surface area contributed by atoms with E-state index in [0.29, 0.717) is 23.8 Å². The van der Waals surface area contributed by atoms with Crippen LogP contribution < -0.4 is 9.64 Å². The van der Waals surface area contributed by atoms with Crippen molar-refractivity contribution in [1.82, 2.24) is 0 Å². The van der Waals surface area contributed by atoms with Crippen molar-refractivity contribution in [2.45, 2.75) is 6.61 Å². The van der Waals surface area contributed by atoms with Gasteiger partial charge in [0.2, 0.25) is 0 Å². The Bertz CT molecular complexity index is 922. The Hall–Kier alpha value is -3.74. The van der Waals surface area contributed by atoms with E-state index in [9.17, 15) is 9.59 Å². The fourth-order valence-corrected chi connectivity index (χ4v) is 2.62. The van der Waals surface area contributed by atoms with Crippen molar-refractivity contribution < 1.29 is 28.2 Å². The number of furan rings is 1. The van der Waals surface area contributed by atoms with Crippen LogP contribution in [0.2, 0.25) is 0 Å². The zero-order valence-electron chi connectivity index (χ0n) is 15.5. The van der Waals surface area contributed by atoms with Crippen molar-refractivity contribution in [1.29, 1.82) is 0 Å². The fraction of sp³-hybridized carbons (Fsp3) is 0.143. The summed E-state index contributed by atoms with van der Waals surface area (Å²) in [6, 6.07) is 10.7. The molecule has 1 aromatic carbocycles. The van der Waals surface area contributed by atoms with E-state index in [1.165, 1.54) is 20.3 Å². The third kappa shape index (κ3) is 4.15. The predicted octanol–water partition coefficient (Wildman–Crippen LogP) is 3.35. The lowest BCUT2D eigenvalue weighted by Crippen LogP contribution is -2.26. The van der Waals surface area contributed by atoms with Gasteiger partial charge in [-0.15, -0.1) is 0 Å². The second-order valence-electron chi connectivity index (χ2n) is 5.68. The lowest BCUT2D eigenvalue weighted by Gasteiger charge is -2.23. The maximum absolute atomic E-state index is 12.4. The molecule has 7 heteroatoms. The third-order valence-corrected chi connectivity index (χ3v) is 3.97. The summed E-state index contributed by atoms with van der Waals surface area (Å²) in [7, 11) is 2.51. The maximum atomic E-state index is 12.4. The van der Waals surface area contributed by atoms with E-state index in [1.54, 1.807) is 59.8 Å². The largest absolute Gasteiger partial charge is 0.486 e. The SMILES string of the molecule is COC(=O)C1=C(C(=O)OC)N(c2ccc(OCc3ccco3)cc2)C=CC=C1. The number of methoxy groups -OCH3 is 2. The van der Waals surface area contributed by atoms with E-state index in [-0.39, 0.29) is 11.3 Å². The number of allylic oxidation sites excluding steroid dienone is 2. The summed E-state index contributed by atoms with van der Waals surface area (Å²) in [4.78, 5) is 26.1. The fourth-order valence-electron chi connectivity index (χ4n) is 2.62. The van der Waals surface area contributed by atoms with Gasteiger partial charge in [-0.3, -0.25) is 0 Å². The topological polar surface area (TPSA) is 78.2 Å². The Labute approximate surface area is 162 Å². The van der Waals surface area contributed by atoms with Crippen LogP contribution in [0.5, 0.6) is 5.75 Å². The molecule has 0 aliphatic carbocycles. The summed E-state index contributed by atoms with van der Waals surface area (Å²) in [5, 5.41) is 0. The standard InChI is InChI=1S/C21H19NO6/c1-25-20(23)18-7-3-4-12-22(19(18)21(24)26-2)15-8-10-16(11-9-15)28-14-17-6-5-13-27-17/h3-13H,14H2,1-2H3. The Kier molecular flexibility index (Phi) is 5.96. The molecule has 0 N–H and O–H groups in total. The molecule has 0 saturated heterocycles. The quantitative estimate of drug-likeness (QED) is 0.710. The molecule has 0 radical (unpaired) electrons. The summed E-state index contributed by atoms with van der Waals surface area (Å²) in [5.41, 5.74) is 0.799. The monoisotopic (exact) mass is 381 g/mol. The molecule has 0 unspecified atom stereocenters. The van der Waals surface area contributed by atoms with Crippen LogP contribution in [-0.2, 0) is 25.7 Å². The molecular weight excluding hydrogens is 362 g/mol. The average molecular weight is 381 g/mol. The molecule has 1 aromatic heterocycles. The highest BCUT2D eigenvalue weighted by Gasteiger charge is 2.27. The average Bonchev–Trinajstić information content (AvgIpc) is 3.16. The highest BCUT2D eigenvalue weighted by molar-refractivity contribution is 6.05. The van der Waals surface area contributed by atoms with Gasteiger partial charge in [-0.1, -0.05) is 6.08 Å². The number of benzene rings is 1. The van der Waals surface area contributed by atoms with Crippen molar-refractivity contribution in [2.24, 2.45) is 0 Å². The van der Waals surface area contributed by atoms with Gasteiger partial charge >= 0.3 is 11.9 Å². The van der Waals surface area contributed by atoms with Crippen LogP contribution in [0.3, 0.4) is 0 Å². The molecule has 144 valence electrons. The third-order valence-electron chi connectivity index (χ3n) is 3.97. The predicted molar refractivity (Wildman–Crippen MR) is 101 cm³/mol. The first kappa shape index (κ1) is 19.0. The minimum atomic E-state index is -0.658. The zero-order valence-corrected chi connectivity index (χ0v) is 15.5. The number of rotatable bonds is 6. The van der Waals surface area contributed by atoms with Crippen LogP contribution in [0.1, 0.15) is 5.76 Å². The first-order chi connectivity index (χ1) is 13.6. The normalized spacial score (nSPS) is 13.3. The molecule has 2 aromatic rings. The van der Waals surface area contributed by atoms with Crippen molar-refractivity contribution >= 4 is 17.6 Å². The number of esters is 2. The number of hydrogen-bond donors (Lipinski definition) is 0. The lowest BCUT2D eigenvalue weighted by atomic mass is 10.1. The second kappa shape index (κ2) is 8.77. The zero-order chi connectivity index (χ0) is 19.9. The maximum Gasteiger partial charge on any atom is 0.355 e. The van der Waals surface area contributed by atoms with Gasteiger partial charge < -0.3 is 23.5 Å². The second-order valence-corrected chi connectivity index (χ2v) is 5.68. The van der Waals surface area contributed by atoms with Crippen LogP contribution in [0.15, 0.2) is 82.8 Å². The Morgan fingerprint density at radius 2 is 1.75 bits per heavy atom. The molecule has 3 rings (SSSR count). The van der Waals surface area contributed by atoms with E-state index in [1.807, 2.05) is 6.07 Å². The molecule has 28 heavy (non-hydrogen) atoms. The van der Waals surface area contributed by atoms with E-state index in [4.69, 9.17) is 18.6 Å². The van der Waals surface area contributed by atoms with Gasteiger partial charge in [0.15, 0.2) is 0 Å². The van der Waals surface area contributed by atoms with Crippen LogP contribution in [0.25, 0.3) is 0 Å². The molecule has 0 bridgehead atoms. The van der Waals surface area contributed by atoms with Crippen molar-refractivity contribution in [3.8, 4) is 5.75 Å². The first-order valence-corrected chi connectivity index (χ1v) is 8.44. The number of anilines is 1. The van der Waals surface area contributed by atoms with Gasteiger partial charge in [-0.2, -0.15) is 0 Å². The van der Waals surface area contributed by atoms with Crippen molar-refractivity contribution in [2.75, 3.05) is 19.1 Å². The highest BCUT2D eigenvalue weighted by atomic mass is 16.5. The summed E-state index contributed by atoms with van der Waals surface area (Å²) in [5.74, 6) is 0.0524. The van der Waals surface area contributed by atoms with Gasteiger partial charge in [0.25, 0.3) is 0 Å². The Balaban J connectivity index is 1.89. The molecule has 0 saturated carbocycles. The summed E-state index contributed by atoms with van der Waals surface area (Å²) in [6.45, 7) is 0.305. The van der Waals surface area contributed by atoms with Crippen LogP contribution >= 0.6 is 0 Å². The molecule has 0 fully saturated rings. The van der Waals surface area contributed by atoms with E-state index >= 15 is 0 Å². The Morgan fingerprint density at radius 3 is 2.39 bits per heavy atom. The minimum absolute atomic E-state index is 0.0589. The van der Waals surface area contributed by atoms with Crippen LogP contribution in [-0.4, -0.2) is 26.2 Å². The molecule has 0 amide bonds. The summed E-state index contributed by atoms with van der Waals surface area (Å²) >= 11 is 0. The highest BCUT2D eigenvalue weighted by Crippen LogP contribution is 2.28. The number of carbonyl (C=O) groups is 2. The molecule has 2 heterocycles. The van der Waals surface area contributed by atoms with E-state index in [2.05, 4.69) is 0 Å². The molecule has 1 aliphatic rings. The van der Waals surface area contributed by atoms with Crippen molar-refractivity contribution in [3.63, 3.8) is 0 Å². The number of carbonyl (C=O) groups excluding carboxylic acids is 2. The summed E-state index contributed by atoms with van der Waals surface area (Å²) in [6.07, 6.45) is 8.12. The number of hydrogen-bond acceptors (Lipinski definition) is 7. The molecule has 7 nitrogen and oxygen atoms in total. The van der Waals surface area contributed by atoms with Gasteiger partial charge in [0, 0.05) is 11.9 Å². The van der Waals surface area contributed by atoms with Gasteiger partial charge in [0.05, 0.1) is 26.1 Å². The molecule has 1 aliphatic heterocycles. The van der Waals surface area contributed by atoms with E-state index in [0.717, 1.165) is 0 Å². The van der Waals surface area contributed by atoms with Crippen LogP contribution in [0, 0.1) is 0 Å². The van der Waals surface area contributed by atoms with Crippen molar-refractivity contribution in [3.05, 3.63) is 84.1 Å². The molecule has 0 spiro atoms. The summed E-state index contributed by atoms with van der Waals surface area (Å²) < 4.78 is 20.6. The smallest absolute Gasteiger partial charge is 0.355 e. The minimum Gasteiger partial charge on any atom is -0.486 e. The lowest BCUT2D eigenvalue weighted by molar-refractivity contribution is -0.139. The molecular formula is C21H19NO6. The number of ether oxygens (including phenoxy) is 3. The van der Waals surface area contributed by atoms with Gasteiger partial charge in [-0.25, -0.2) is 9.59 Å². The van der Waals surface area contributed by atoms with Crippen LogP contribution in [0.4, 0.5) is 5.69 Å².